The van der Waals surface area contributed by atoms with Gasteiger partial charge in [-0.05, 0) is 44.5 Å². The molecule has 0 unspecified atom stereocenters. The van der Waals surface area contributed by atoms with Gasteiger partial charge in [0.05, 0.1) is 0 Å². The van der Waals surface area contributed by atoms with Crippen molar-refractivity contribution in [3.05, 3.63) is 47.6 Å². The molecule has 0 radical (unpaired) electrons. The van der Waals surface area contributed by atoms with Crippen LogP contribution in [0.1, 0.15) is 19.4 Å². The van der Waals surface area contributed by atoms with Crippen LogP contribution in [0.15, 0.2) is 42.0 Å². The zero-order valence-corrected chi connectivity index (χ0v) is 16.4. The normalized spacial score (nSPS) is 10.5. The summed E-state index contributed by atoms with van der Waals surface area (Å²) in [6.45, 7) is 7.78. The van der Waals surface area contributed by atoms with E-state index in [0.717, 1.165) is 35.0 Å². The van der Waals surface area contributed by atoms with Gasteiger partial charge in [-0.1, -0.05) is 6.07 Å². The molecule has 8 heteroatoms. The van der Waals surface area contributed by atoms with Crippen molar-refractivity contribution < 1.29 is 4.79 Å². The Balaban J connectivity index is 1.69. The molecule has 0 aromatic carbocycles. The highest BCUT2D eigenvalue weighted by Crippen LogP contribution is 2.25. The van der Waals surface area contributed by atoms with Crippen LogP contribution in [0.4, 0.5) is 22.2 Å². The maximum Gasteiger partial charge on any atom is 0.326 e. The highest BCUT2D eigenvalue weighted by atomic mass is 32.1. The number of aryl methyl sites for hydroxylation is 1. The molecule has 140 valence electrons. The predicted octanol–water partition coefficient (Wildman–Crippen LogP) is 4.40. The van der Waals surface area contributed by atoms with Crippen LogP contribution in [0.2, 0.25) is 0 Å². The molecule has 0 saturated heterocycles. The number of urea groups is 1. The summed E-state index contributed by atoms with van der Waals surface area (Å²) in [4.78, 5) is 27.5. The number of thiazole rings is 1. The number of anilines is 3. The summed E-state index contributed by atoms with van der Waals surface area (Å²) in [6.07, 6.45) is 3.43. The summed E-state index contributed by atoms with van der Waals surface area (Å²) >= 11 is 1.46. The van der Waals surface area contributed by atoms with Crippen LogP contribution in [0.5, 0.6) is 0 Å². The second kappa shape index (κ2) is 8.59. The first-order valence-corrected chi connectivity index (χ1v) is 9.65. The highest BCUT2D eigenvalue weighted by molar-refractivity contribution is 7.13. The van der Waals surface area contributed by atoms with Gasteiger partial charge in [-0.25, -0.2) is 14.8 Å². The number of amides is 2. The Kier molecular flexibility index (Phi) is 5.97. The first-order chi connectivity index (χ1) is 13.1. The van der Waals surface area contributed by atoms with Gasteiger partial charge in [-0.3, -0.25) is 15.6 Å². The van der Waals surface area contributed by atoms with Gasteiger partial charge in [-0.2, -0.15) is 0 Å². The third-order valence-corrected chi connectivity index (χ3v) is 4.97. The highest BCUT2D eigenvalue weighted by Gasteiger charge is 2.12. The van der Waals surface area contributed by atoms with Gasteiger partial charge in [-0.15, -0.1) is 11.3 Å². The van der Waals surface area contributed by atoms with Crippen LogP contribution in [0, 0.1) is 6.92 Å². The van der Waals surface area contributed by atoms with E-state index in [0.29, 0.717) is 11.6 Å². The molecule has 3 aromatic rings. The molecule has 3 heterocycles. The van der Waals surface area contributed by atoms with Crippen molar-refractivity contribution in [2.45, 2.75) is 20.8 Å². The van der Waals surface area contributed by atoms with Gasteiger partial charge in [0.2, 0.25) is 0 Å². The van der Waals surface area contributed by atoms with Crippen molar-refractivity contribution in [1.82, 2.24) is 15.0 Å². The second-order valence-electron chi connectivity index (χ2n) is 5.86. The van der Waals surface area contributed by atoms with Crippen molar-refractivity contribution >= 4 is 34.8 Å². The van der Waals surface area contributed by atoms with Gasteiger partial charge in [0, 0.05) is 36.4 Å². The number of hydrogen-bond acceptors (Lipinski definition) is 6. The zero-order valence-electron chi connectivity index (χ0n) is 15.6. The van der Waals surface area contributed by atoms with Gasteiger partial charge in [0.1, 0.15) is 22.5 Å². The zero-order chi connectivity index (χ0) is 19.2. The standard InChI is InChI=1S/C19H22N6OS/c1-4-25(5-2)16-7-6-13(3)17(23-16)24-19(26)22-15-12-27-18(21-15)14-8-10-20-11-9-14/h6-12H,4-5H2,1-3H3,(H2,22,23,24,26). The molecule has 2 amide bonds. The molecule has 0 saturated carbocycles. The number of pyridine rings is 2. The molecule has 3 aromatic heterocycles. The second-order valence-corrected chi connectivity index (χ2v) is 6.72. The Morgan fingerprint density at radius 3 is 2.52 bits per heavy atom. The maximum absolute atomic E-state index is 12.4. The van der Waals surface area contributed by atoms with Crippen LogP contribution in [0.3, 0.4) is 0 Å². The molecule has 2 N–H and O–H groups in total. The Labute approximate surface area is 162 Å². The number of rotatable bonds is 6. The third-order valence-electron chi connectivity index (χ3n) is 4.07. The monoisotopic (exact) mass is 382 g/mol. The first-order valence-electron chi connectivity index (χ1n) is 8.77. The number of aromatic nitrogens is 3. The summed E-state index contributed by atoms with van der Waals surface area (Å²) in [5, 5.41) is 8.21. The molecule has 0 spiro atoms. The van der Waals surface area contributed by atoms with Crippen LogP contribution in [-0.4, -0.2) is 34.1 Å². The minimum atomic E-state index is -0.367. The smallest absolute Gasteiger partial charge is 0.326 e. The summed E-state index contributed by atoms with van der Waals surface area (Å²) in [5.41, 5.74) is 1.87. The molecular weight excluding hydrogens is 360 g/mol. The van der Waals surface area contributed by atoms with E-state index >= 15 is 0 Å². The van der Waals surface area contributed by atoms with Crippen molar-refractivity contribution in [2.24, 2.45) is 0 Å². The van der Waals surface area contributed by atoms with E-state index < -0.39 is 0 Å². The van der Waals surface area contributed by atoms with Crippen molar-refractivity contribution in [1.29, 1.82) is 0 Å². The fourth-order valence-corrected chi connectivity index (χ4v) is 3.34. The number of nitrogens with zero attached hydrogens (tertiary/aromatic N) is 4. The van der Waals surface area contributed by atoms with Gasteiger partial charge < -0.3 is 4.90 Å². The average Bonchev–Trinajstić information content (AvgIpc) is 3.14. The summed E-state index contributed by atoms with van der Waals surface area (Å²) in [7, 11) is 0. The minimum absolute atomic E-state index is 0.367. The third kappa shape index (κ3) is 4.59. The lowest BCUT2D eigenvalue weighted by Crippen LogP contribution is -2.25. The predicted molar refractivity (Wildman–Crippen MR) is 111 cm³/mol. The summed E-state index contributed by atoms with van der Waals surface area (Å²) in [6, 6.07) is 7.32. The van der Waals surface area contributed by atoms with E-state index in [1.54, 1.807) is 12.4 Å². The van der Waals surface area contributed by atoms with Crippen LogP contribution < -0.4 is 15.5 Å². The van der Waals surface area contributed by atoms with E-state index in [4.69, 9.17) is 0 Å². The molecule has 0 aliphatic heterocycles. The van der Waals surface area contributed by atoms with E-state index in [-0.39, 0.29) is 6.03 Å². The number of hydrogen-bond donors (Lipinski definition) is 2. The van der Waals surface area contributed by atoms with Gasteiger partial charge in [0.25, 0.3) is 0 Å². The lowest BCUT2D eigenvalue weighted by molar-refractivity contribution is 0.262. The van der Waals surface area contributed by atoms with Crippen molar-refractivity contribution in [2.75, 3.05) is 28.6 Å². The Morgan fingerprint density at radius 1 is 1.07 bits per heavy atom. The first kappa shape index (κ1) is 18.8. The van der Waals surface area contributed by atoms with Crippen molar-refractivity contribution in [3.8, 4) is 10.6 Å². The summed E-state index contributed by atoms with van der Waals surface area (Å²) in [5.74, 6) is 1.89. The van der Waals surface area contributed by atoms with Crippen LogP contribution >= 0.6 is 11.3 Å². The Bertz CT molecular complexity index is 908. The number of nitrogens with one attached hydrogen (secondary N) is 2. The van der Waals surface area contributed by atoms with Crippen LogP contribution in [0.25, 0.3) is 10.6 Å². The minimum Gasteiger partial charge on any atom is -0.357 e. The molecular formula is C19H22N6OS. The van der Waals surface area contributed by atoms with E-state index in [1.807, 2.05) is 36.6 Å². The topological polar surface area (TPSA) is 83.0 Å². The molecule has 0 atom stereocenters. The molecule has 0 aliphatic carbocycles. The summed E-state index contributed by atoms with van der Waals surface area (Å²) < 4.78 is 0. The number of carbonyl (C=O) groups is 1. The average molecular weight is 382 g/mol. The van der Waals surface area contributed by atoms with E-state index in [2.05, 4.69) is 44.3 Å². The molecule has 0 aliphatic rings. The molecule has 27 heavy (non-hydrogen) atoms. The molecule has 3 rings (SSSR count). The fourth-order valence-electron chi connectivity index (χ4n) is 2.58. The number of carbonyl (C=O) groups excluding carboxylic acids is 1. The maximum atomic E-state index is 12.4. The quantitative estimate of drug-likeness (QED) is 0.660. The lowest BCUT2D eigenvalue weighted by Gasteiger charge is -2.21. The fraction of sp³-hybridized carbons (Fsp3) is 0.263. The molecule has 7 nitrogen and oxygen atoms in total. The lowest BCUT2D eigenvalue weighted by atomic mass is 10.2. The van der Waals surface area contributed by atoms with Gasteiger partial charge >= 0.3 is 6.03 Å². The van der Waals surface area contributed by atoms with Crippen molar-refractivity contribution in [3.63, 3.8) is 0 Å². The largest absolute Gasteiger partial charge is 0.357 e. The molecule has 0 bridgehead atoms. The van der Waals surface area contributed by atoms with Gasteiger partial charge in [0.15, 0.2) is 0 Å². The van der Waals surface area contributed by atoms with E-state index in [1.165, 1.54) is 11.3 Å². The molecule has 0 fully saturated rings. The Hall–Kier alpha value is -3.00. The van der Waals surface area contributed by atoms with Crippen LogP contribution in [-0.2, 0) is 0 Å². The Morgan fingerprint density at radius 2 is 1.81 bits per heavy atom. The SMILES string of the molecule is CCN(CC)c1ccc(C)c(NC(=O)Nc2csc(-c3ccncc3)n2)n1. The van der Waals surface area contributed by atoms with E-state index in [9.17, 15) is 4.79 Å².